The maximum absolute atomic E-state index is 12.3. The van der Waals surface area contributed by atoms with Gasteiger partial charge in [0.25, 0.3) is 0 Å². The van der Waals surface area contributed by atoms with Crippen molar-refractivity contribution in [2.45, 2.75) is 18.4 Å². The molecule has 0 bridgehead atoms. The van der Waals surface area contributed by atoms with Gasteiger partial charge in [-0.25, -0.2) is 0 Å². The van der Waals surface area contributed by atoms with E-state index in [-0.39, 0.29) is 30.2 Å². The molecule has 2 heterocycles. The van der Waals surface area contributed by atoms with Gasteiger partial charge in [0, 0.05) is 44.1 Å². The number of rotatable bonds is 4. The highest BCUT2D eigenvalue weighted by atomic mass is 35.5. The Kier molecular flexibility index (Phi) is 4.50. The standard InChI is InChI=1S/C15H18Cl2N2O3/c16-11-1-2-12(21)14(15(11)17)9-5-13(22)19(6-9)10-7-18(8-10)3-4-20/h1-2,9-10,20-21H,3-8H2/t9-/m1/s1. The average Bonchev–Trinajstić information content (AvgIpc) is 2.80. The molecule has 1 amide bonds. The van der Waals surface area contributed by atoms with Crippen LogP contribution in [0.2, 0.25) is 10.0 Å². The van der Waals surface area contributed by atoms with Crippen molar-refractivity contribution in [3.05, 3.63) is 27.7 Å². The van der Waals surface area contributed by atoms with Crippen molar-refractivity contribution in [3.8, 4) is 5.75 Å². The molecule has 0 aliphatic carbocycles. The number of likely N-dealkylation sites (tertiary alicyclic amines) is 2. The van der Waals surface area contributed by atoms with Crippen LogP contribution in [0.25, 0.3) is 0 Å². The Bertz CT molecular complexity index is 590. The zero-order chi connectivity index (χ0) is 15.9. The Hall–Kier alpha value is -1.01. The molecule has 7 heteroatoms. The predicted octanol–water partition coefficient (Wildman–Crippen LogP) is 1.69. The topological polar surface area (TPSA) is 64.0 Å². The molecule has 0 aromatic heterocycles. The van der Waals surface area contributed by atoms with E-state index in [4.69, 9.17) is 28.3 Å². The van der Waals surface area contributed by atoms with Gasteiger partial charge in [0.2, 0.25) is 5.91 Å². The second kappa shape index (κ2) is 6.24. The van der Waals surface area contributed by atoms with Crippen LogP contribution in [0.5, 0.6) is 5.75 Å². The third-order valence-corrected chi connectivity index (χ3v) is 5.29. The van der Waals surface area contributed by atoms with Gasteiger partial charge in [-0.2, -0.15) is 0 Å². The minimum absolute atomic E-state index is 0.0779. The van der Waals surface area contributed by atoms with Crippen LogP contribution in [-0.2, 0) is 4.79 Å². The van der Waals surface area contributed by atoms with Gasteiger partial charge in [-0.3, -0.25) is 9.69 Å². The first-order chi connectivity index (χ1) is 10.5. The van der Waals surface area contributed by atoms with Crippen molar-refractivity contribution in [1.82, 2.24) is 9.80 Å². The van der Waals surface area contributed by atoms with Crippen LogP contribution in [0.4, 0.5) is 0 Å². The molecule has 2 aliphatic heterocycles. The van der Waals surface area contributed by atoms with E-state index in [1.54, 1.807) is 6.07 Å². The minimum atomic E-state index is -0.134. The molecule has 2 aliphatic rings. The van der Waals surface area contributed by atoms with Crippen molar-refractivity contribution in [1.29, 1.82) is 0 Å². The number of carbonyl (C=O) groups is 1. The van der Waals surface area contributed by atoms with Gasteiger partial charge in [-0.1, -0.05) is 23.2 Å². The van der Waals surface area contributed by atoms with E-state index in [9.17, 15) is 9.90 Å². The summed E-state index contributed by atoms with van der Waals surface area (Å²) in [6.07, 6.45) is 0.337. The maximum atomic E-state index is 12.3. The molecular formula is C15H18Cl2N2O3. The van der Waals surface area contributed by atoms with Crippen LogP contribution in [0.1, 0.15) is 17.9 Å². The first-order valence-electron chi connectivity index (χ1n) is 7.30. The number of carbonyl (C=O) groups excluding carboxylic acids is 1. The molecule has 2 fully saturated rings. The summed E-state index contributed by atoms with van der Waals surface area (Å²) in [6, 6.07) is 3.25. The number of aliphatic hydroxyl groups excluding tert-OH is 1. The Balaban J connectivity index is 1.72. The summed E-state index contributed by atoms with van der Waals surface area (Å²) < 4.78 is 0. The number of aromatic hydroxyl groups is 1. The average molecular weight is 345 g/mol. The number of halogens is 2. The Morgan fingerprint density at radius 3 is 2.64 bits per heavy atom. The molecule has 0 radical (unpaired) electrons. The fourth-order valence-corrected chi connectivity index (χ4v) is 3.77. The van der Waals surface area contributed by atoms with Gasteiger partial charge in [0.05, 0.1) is 22.7 Å². The Morgan fingerprint density at radius 2 is 1.95 bits per heavy atom. The van der Waals surface area contributed by atoms with Crippen LogP contribution >= 0.6 is 23.2 Å². The molecule has 1 aromatic rings. The first-order valence-corrected chi connectivity index (χ1v) is 8.06. The summed E-state index contributed by atoms with van der Waals surface area (Å²) in [4.78, 5) is 16.2. The molecule has 0 spiro atoms. The van der Waals surface area contributed by atoms with E-state index in [2.05, 4.69) is 4.90 Å². The van der Waals surface area contributed by atoms with Crippen molar-refractivity contribution in [2.75, 3.05) is 32.8 Å². The Labute approximate surface area is 139 Å². The van der Waals surface area contributed by atoms with Gasteiger partial charge in [-0.15, -0.1) is 0 Å². The van der Waals surface area contributed by atoms with E-state index in [0.717, 1.165) is 13.1 Å². The van der Waals surface area contributed by atoms with E-state index >= 15 is 0 Å². The molecule has 0 saturated carbocycles. The number of benzene rings is 1. The van der Waals surface area contributed by atoms with Gasteiger partial charge in [-0.05, 0) is 12.1 Å². The van der Waals surface area contributed by atoms with E-state index < -0.39 is 0 Å². The lowest BCUT2D eigenvalue weighted by Crippen LogP contribution is -2.60. The monoisotopic (exact) mass is 344 g/mol. The smallest absolute Gasteiger partial charge is 0.223 e. The molecule has 1 aromatic carbocycles. The number of hydrogen-bond acceptors (Lipinski definition) is 4. The summed E-state index contributed by atoms with van der Waals surface area (Å²) in [5.41, 5.74) is 0.566. The maximum Gasteiger partial charge on any atom is 0.223 e. The predicted molar refractivity (Wildman–Crippen MR) is 84.5 cm³/mol. The van der Waals surface area contributed by atoms with Crippen molar-refractivity contribution >= 4 is 29.1 Å². The fraction of sp³-hybridized carbons (Fsp3) is 0.533. The SMILES string of the molecule is O=C1C[C@@H](c2c(O)ccc(Cl)c2Cl)CN1C1CN(CCO)C1. The van der Waals surface area contributed by atoms with Crippen LogP contribution in [0, 0.1) is 0 Å². The zero-order valence-electron chi connectivity index (χ0n) is 12.0. The second-order valence-electron chi connectivity index (χ2n) is 5.88. The zero-order valence-corrected chi connectivity index (χ0v) is 13.5. The summed E-state index contributed by atoms with van der Waals surface area (Å²) in [5.74, 6) is 0.0317. The van der Waals surface area contributed by atoms with Crippen LogP contribution in [0.3, 0.4) is 0 Å². The molecule has 22 heavy (non-hydrogen) atoms. The van der Waals surface area contributed by atoms with E-state index in [1.165, 1.54) is 6.07 Å². The third-order valence-electron chi connectivity index (χ3n) is 4.47. The van der Waals surface area contributed by atoms with Gasteiger partial charge < -0.3 is 15.1 Å². The van der Waals surface area contributed by atoms with Crippen molar-refractivity contribution in [2.24, 2.45) is 0 Å². The molecule has 3 rings (SSSR count). The summed E-state index contributed by atoms with van der Waals surface area (Å²) in [5, 5.41) is 19.7. The molecule has 120 valence electrons. The fourth-order valence-electron chi connectivity index (χ4n) is 3.29. The number of phenolic OH excluding ortho intramolecular Hbond substituents is 1. The first kappa shape index (κ1) is 15.9. The van der Waals surface area contributed by atoms with Crippen LogP contribution in [0.15, 0.2) is 12.1 Å². The number of β-amino-alcohol motifs (C(OH)–C–C–N with tert-alkyl or cyclic N) is 1. The number of nitrogens with zero attached hydrogens (tertiary/aromatic N) is 2. The summed E-state index contributed by atoms with van der Waals surface area (Å²) >= 11 is 12.2. The van der Waals surface area contributed by atoms with E-state index in [0.29, 0.717) is 35.1 Å². The molecule has 2 N–H and O–H groups in total. The lowest BCUT2D eigenvalue weighted by Gasteiger charge is -2.43. The van der Waals surface area contributed by atoms with Crippen LogP contribution < -0.4 is 0 Å². The van der Waals surface area contributed by atoms with Gasteiger partial charge in [0.15, 0.2) is 0 Å². The molecule has 0 unspecified atom stereocenters. The molecule has 2 saturated heterocycles. The van der Waals surface area contributed by atoms with Crippen LogP contribution in [-0.4, -0.2) is 64.7 Å². The molecular weight excluding hydrogens is 327 g/mol. The summed E-state index contributed by atoms with van der Waals surface area (Å²) in [6.45, 7) is 2.89. The lowest BCUT2D eigenvalue weighted by molar-refractivity contribution is -0.132. The highest BCUT2D eigenvalue weighted by molar-refractivity contribution is 6.42. The Morgan fingerprint density at radius 1 is 1.23 bits per heavy atom. The van der Waals surface area contributed by atoms with Crippen molar-refractivity contribution < 1.29 is 15.0 Å². The number of hydrogen-bond donors (Lipinski definition) is 2. The largest absolute Gasteiger partial charge is 0.508 e. The highest BCUT2D eigenvalue weighted by Crippen LogP contribution is 2.42. The van der Waals surface area contributed by atoms with E-state index in [1.807, 2.05) is 4.90 Å². The molecule has 1 atom stereocenters. The number of aliphatic hydroxyl groups is 1. The van der Waals surface area contributed by atoms with Crippen molar-refractivity contribution in [3.63, 3.8) is 0 Å². The second-order valence-corrected chi connectivity index (χ2v) is 6.66. The molecule has 5 nitrogen and oxygen atoms in total. The normalized spacial score (nSPS) is 23.1. The number of phenols is 1. The third kappa shape index (κ3) is 2.78. The quantitative estimate of drug-likeness (QED) is 0.872. The number of amides is 1. The minimum Gasteiger partial charge on any atom is -0.508 e. The lowest BCUT2D eigenvalue weighted by atomic mass is 9.97. The summed E-state index contributed by atoms with van der Waals surface area (Å²) in [7, 11) is 0. The van der Waals surface area contributed by atoms with Gasteiger partial charge in [0.1, 0.15) is 5.75 Å². The highest BCUT2D eigenvalue weighted by Gasteiger charge is 2.41. The van der Waals surface area contributed by atoms with Gasteiger partial charge >= 0.3 is 0 Å².